The van der Waals surface area contributed by atoms with E-state index < -0.39 is 0 Å². The van der Waals surface area contributed by atoms with E-state index in [1.807, 2.05) is 59.8 Å². The molecule has 2 heterocycles. The predicted octanol–water partition coefficient (Wildman–Crippen LogP) is 7.33. The Bertz CT molecular complexity index is 1310. The van der Waals surface area contributed by atoms with Crippen LogP contribution < -0.4 is 16.4 Å². The van der Waals surface area contributed by atoms with Crippen LogP contribution in [0.5, 0.6) is 0 Å². The fourth-order valence-electron chi connectivity index (χ4n) is 4.95. The summed E-state index contributed by atoms with van der Waals surface area (Å²) in [6.45, 7) is 17.2. The minimum Gasteiger partial charge on any atom is -0.402 e. The molecule has 1 unspecified atom stereocenters. The Morgan fingerprint density at radius 1 is 1.17 bits per heavy atom. The molecule has 1 atom stereocenters. The molecule has 0 spiro atoms. The molecule has 0 aromatic carbocycles. The number of pyridine rings is 1. The third-order valence-electron chi connectivity index (χ3n) is 7.26. The maximum Gasteiger partial charge on any atom is 0.255 e. The van der Waals surface area contributed by atoms with E-state index in [1.54, 1.807) is 12.3 Å². The zero-order chi connectivity index (χ0) is 31.4. The lowest BCUT2D eigenvalue weighted by Gasteiger charge is -2.20. The molecule has 228 valence electrons. The Morgan fingerprint density at radius 3 is 2.43 bits per heavy atom. The van der Waals surface area contributed by atoms with E-state index >= 15 is 0 Å². The fourth-order valence-corrected chi connectivity index (χ4v) is 5.24. The highest BCUT2D eigenvalue weighted by molar-refractivity contribution is 7.80. The molecule has 7 nitrogen and oxygen atoms in total. The van der Waals surface area contributed by atoms with Crippen LogP contribution in [0.25, 0.3) is 0 Å². The standard InChI is InChI=1S/C34H49N5O2S/c1-9-11-15-28(18-29(22(3)4)17-27(13-10-2)33(24(6)35)26(8)42)34(41)38-31-19-30(20-36-25(31)7)37-32(40)21-39-16-12-14-23(39)5/h11,15,17-20,23H,9-10,12-14,16,21,35H2,1-8H3,(H,37,40)(H,38,41)/b15-11+,27-17+,28-18+,33-24+. The highest BCUT2D eigenvalue weighted by Crippen LogP contribution is 2.25. The van der Waals surface area contributed by atoms with Crippen molar-refractivity contribution in [2.45, 2.75) is 93.5 Å². The quantitative estimate of drug-likeness (QED) is 0.126. The van der Waals surface area contributed by atoms with Crippen molar-refractivity contribution in [3.63, 3.8) is 0 Å². The molecule has 0 bridgehead atoms. The largest absolute Gasteiger partial charge is 0.402 e. The number of nitrogens with one attached hydrogen (secondary N) is 2. The Kier molecular flexibility index (Phi) is 14.0. The minimum absolute atomic E-state index is 0.0892. The number of aryl methyl sites for hydroxylation is 1. The lowest BCUT2D eigenvalue weighted by Crippen LogP contribution is -2.35. The average Bonchev–Trinajstić information content (AvgIpc) is 3.30. The summed E-state index contributed by atoms with van der Waals surface area (Å²) in [4.78, 5) is 33.7. The van der Waals surface area contributed by atoms with Crippen LogP contribution in [-0.4, -0.2) is 45.7 Å². The molecule has 2 amide bonds. The molecule has 8 heteroatoms. The highest BCUT2D eigenvalue weighted by atomic mass is 32.1. The zero-order valence-electron chi connectivity index (χ0n) is 26.7. The lowest BCUT2D eigenvalue weighted by atomic mass is 9.93. The van der Waals surface area contributed by atoms with Crippen molar-refractivity contribution in [1.29, 1.82) is 0 Å². The molecular weight excluding hydrogens is 542 g/mol. The highest BCUT2D eigenvalue weighted by Gasteiger charge is 2.22. The summed E-state index contributed by atoms with van der Waals surface area (Å²) in [5.74, 6) is -0.353. The van der Waals surface area contributed by atoms with Crippen molar-refractivity contribution < 1.29 is 9.59 Å². The number of amides is 2. The Balaban J connectivity index is 2.40. The third kappa shape index (κ3) is 10.5. The molecule has 2 rings (SSSR count). The van der Waals surface area contributed by atoms with E-state index in [9.17, 15) is 9.59 Å². The summed E-state index contributed by atoms with van der Waals surface area (Å²) in [6.07, 6.45) is 14.2. The van der Waals surface area contributed by atoms with Crippen molar-refractivity contribution in [1.82, 2.24) is 9.88 Å². The van der Waals surface area contributed by atoms with Crippen molar-refractivity contribution in [2.75, 3.05) is 23.7 Å². The minimum atomic E-state index is -0.264. The molecule has 1 aromatic heterocycles. The van der Waals surface area contributed by atoms with Crippen LogP contribution in [-0.2, 0) is 9.59 Å². The van der Waals surface area contributed by atoms with Crippen molar-refractivity contribution in [3.8, 4) is 0 Å². The number of allylic oxidation sites excluding steroid dienone is 8. The number of nitrogens with two attached hydrogens (primary N) is 1. The van der Waals surface area contributed by atoms with Crippen LogP contribution in [0.1, 0.15) is 86.3 Å². The number of nitrogens with zero attached hydrogens (tertiary/aromatic N) is 2. The normalized spacial score (nSPS) is 16.8. The van der Waals surface area contributed by atoms with Crippen LogP contribution >= 0.6 is 12.2 Å². The lowest BCUT2D eigenvalue weighted by molar-refractivity contribution is -0.117. The van der Waals surface area contributed by atoms with Gasteiger partial charge in [0.2, 0.25) is 5.91 Å². The van der Waals surface area contributed by atoms with Gasteiger partial charge < -0.3 is 16.4 Å². The van der Waals surface area contributed by atoms with Gasteiger partial charge in [-0.2, -0.15) is 0 Å². The van der Waals surface area contributed by atoms with Gasteiger partial charge in [0.25, 0.3) is 5.91 Å². The molecule has 1 aliphatic rings. The molecule has 1 fully saturated rings. The molecule has 4 N–H and O–H groups in total. The van der Waals surface area contributed by atoms with Crippen molar-refractivity contribution in [3.05, 3.63) is 75.8 Å². The van der Waals surface area contributed by atoms with Crippen LogP contribution in [0.4, 0.5) is 11.4 Å². The number of carbonyl (C=O) groups excluding carboxylic acids is 2. The van der Waals surface area contributed by atoms with E-state index in [4.69, 9.17) is 18.0 Å². The number of hydrogen-bond acceptors (Lipinski definition) is 6. The summed E-state index contributed by atoms with van der Waals surface area (Å²) >= 11 is 5.53. The maximum atomic E-state index is 13.6. The number of aromatic nitrogens is 1. The summed E-state index contributed by atoms with van der Waals surface area (Å²) in [5, 5.41) is 5.96. The summed E-state index contributed by atoms with van der Waals surface area (Å²) in [7, 11) is 0. The zero-order valence-corrected chi connectivity index (χ0v) is 27.5. The van der Waals surface area contributed by atoms with Gasteiger partial charge in [-0.3, -0.25) is 19.5 Å². The second-order valence-electron chi connectivity index (χ2n) is 11.2. The molecule has 0 saturated carbocycles. The Morgan fingerprint density at radius 2 is 1.88 bits per heavy atom. The smallest absolute Gasteiger partial charge is 0.255 e. The molecule has 42 heavy (non-hydrogen) atoms. The molecule has 0 aliphatic carbocycles. The van der Waals surface area contributed by atoms with Crippen molar-refractivity contribution in [2.24, 2.45) is 5.73 Å². The average molecular weight is 592 g/mol. The number of carbonyl (C=O) groups is 2. The van der Waals surface area contributed by atoms with Crippen LogP contribution in [0.2, 0.25) is 0 Å². The van der Waals surface area contributed by atoms with E-state index in [2.05, 4.69) is 40.4 Å². The van der Waals surface area contributed by atoms with Gasteiger partial charge in [-0.1, -0.05) is 56.3 Å². The number of rotatable bonds is 13. The first-order valence-corrected chi connectivity index (χ1v) is 15.3. The summed E-state index contributed by atoms with van der Waals surface area (Å²) < 4.78 is 0. The van der Waals surface area contributed by atoms with E-state index in [1.165, 1.54) is 0 Å². The molecule has 0 radical (unpaired) electrons. The van der Waals surface area contributed by atoms with Gasteiger partial charge in [0.15, 0.2) is 0 Å². The van der Waals surface area contributed by atoms with Crippen molar-refractivity contribution >= 4 is 40.3 Å². The Hall–Kier alpha value is -3.36. The number of anilines is 2. The fraction of sp³-hybridized carbons (Fsp3) is 0.471. The molecular formula is C34H49N5O2S. The summed E-state index contributed by atoms with van der Waals surface area (Å²) in [5.41, 5.74) is 13.1. The van der Waals surface area contributed by atoms with E-state index in [0.717, 1.165) is 65.8 Å². The molecule has 1 aliphatic heterocycles. The van der Waals surface area contributed by atoms with Crippen LogP contribution in [0.3, 0.4) is 0 Å². The van der Waals surface area contributed by atoms with Gasteiger partial charge in [0.1, 0.15) is 0 Å². The van der Waals surface area contributed by atoms with E-state index in [-0.39, 0.29) is 11.8 Å². The van der Waals surface area contributed by atoms with Gasteiger partial charge in [-0.25, -0.2) is 0 Å². The number of likely N-dealkylation sites (tertiary alicyclic amines) is 1. The second kappa shape index (κ2) is 16.9. The van der Waals surface area contributed by atoms with Crippen LogP contribution in [0.15, 0.2) is 70.1 Å². The SMILES string of the molecule is CC/C=C/C(=C\C(/C=C(CCC)/C(C(C)=S)=C(\C)N)=C(C)C)C(=O)Nc1cc(NC(=O)CN2CCCC2C)cnc1C. The third-order valence-corrected chi connectivity index (χ3v) is 7.46. The molecule has 1 saturated heterocycles. The Labute approximate surface area is 258 Å². The molecule has 1 aromatic rings. The van der Waals surface area contributed by atoms with Gasteiger partial charge >= 0.3 is 0 Å². The number of hydrogen-bond donors (Lipinski definition) is 3. The predicted molar refractivity (Wildman–Crippen MR) is 181 cm³/mol. The number of thiocarbonyl (C=S) groups is 1. The van der Waals surface area contributed by atoms with Crippen LogP contribution in [0, 0.1) is 6.92 Å². The van der Waals surface area contributed by atoms with Gasteiger partial charge in [-0.05, 0) is 97.1 Å². The van der Waals surface area contributed by atoms with E-state index in [0.29, 0.717) is 40.9 Å². The topological polar surface area (TPSA) is 100 Å². The monoisotopic (exact) mass is 591 g/mol. The van der Waals surface area contributed by atoms with Gasteiger partial charge in [0.05, 0.1) is 29.8 Å². The first-order chi connectivity index (χ1) is 19.9. The first kappa shape index (κ1) is 34.8. The summed E-state index contributed by atoms with van der Waals surface area (Å²) in [6, 6.07) is 2.17. The first-order valence-electron chi connectivity index (χ1n) is 14.9. The second-order valence-corrected chi connectivity index (χ2v) is 11.8. The van der Waals surface area contributed by atoms with Gasteiger partial charge in [0, 0.05) is 27.7 Å². The maximum absolute atomic E-state index is 13.6. The van der Waals surface area contributed by atoms with Gasteiger partial charge in [-0.15, -0.1) is 0 Å².